The average Bonchev–Trinajstić information content (AvgIpc) is 3.09. The van der Waals surface area contributed by atoms with Crippen molar-refractivity contribution in [2.45, 2.75) is 19.9 Å². The van der Waals surface area contributed by atoms with Crippen LogP contribution in [0.15, 0.2) is 36.4 Å². The van der Waals surface area contributed by atoms with Crippen molar-refractivity contribution in [1.82, 2.24) is 14.7 Å². The van der Waals surface area contributed by atoms with Gasteiger partial charge in [0.25, 0.3) is 0 Å². The molecule has 1 aromatic carbocycles. The molecular formula is C18H21N3O3. The molecule has 0 saturated carbocycles. The topological polar surface area (TPSA) is 64.4 Å². The van der Waals surface area contributed by atoms with E-state index in [-0.39, 0.29) is 18.4 Å². The highest BCUT2D eigenvalue weighted by Gasteiger charge is 2.30. The third-order valence-corrected chi connectivity index (χ3v) is 4.28. The molecule has 2 heterocycles. The molecule has 126 valence electrons. The van der Waals surface area contributed by atoms with Gasteiger partial charge in [-0.1, -0.05) is 30.3 Å². The number of nitrogens with zero attached hydrogens (tertiary/aromatic N) is 3. The lowest BCUT2D eigenvalue weighted by molar-refractivity contribution is -0.128. The van der Waals surface area contributed by atoms with Gasteiger partial charge in [0.15, 0.2) is 5.69 Å². The number of likely N-dealkylation sites (tertiary alicyclic amines) is 1. The Labute approximate surface area is 141 Å². The van der Waals surface area contributed by atoms with Crippen LogP contribution in [0.2, 0.25) is 0 Å². The third kappa shape index (κ3) is 3.64. The van der Waals surface area contributed by atoms with Crippen molar-refractivity contribution < 1.29 is 14.3 Å². The first-order valence-electron chi connectivity index (χ1n) is 8.02. The van der Waals surface area contributed by atoms with Gasteiger partial charge in [0, 0.05) is 38.2 Å². The smallest absolute Gasteiger partial charge is 0.358 e. The summed E-state index contributed by atoms with van der Waals surface area (Å²) in [5.41, 5.74) is 2.31. The number of aryl methyl sites for hydroxylation is 2. The number of aromatic nitrogens is 2. The van der Waals surface area contributed by atoms with Crippen molar-refractivity contribution >= 4 is 11.9 Å². The van der Waals surface area contributed by atoms with Gasteiger partial charge in [0.05, 0.1) is 6.61 Å². The number of ether oxygens (including phenoxy) is 1. The van der Waals surface area contributed by atoms with Crippen LogP contribution in [0, 0.1) is 12.8 Å². The Balaban J connectivity index is 1.52. The zero-order valence-electron chi connectivity index (χ0n) is 13.9. The number of hydrogen-bond donors (Lipinski definition) is 0. The lowest BCUT2D eigenvalue weighted by atomic mass is 10.1. The monoisotopic (exact) mass is 327 g/mol. The Bertz CT molecular complexity index is 720. The third-order valence-electron chi connectivity index (χ3n) is 4.28. The standard InChI is InChI=1S/C18H21N3O3/c1-13-8-16(19-20(13)2)18(23)24-12-15-9-17(22)21(11-15)10-14-6-4-3-5-7-14/h3-8,15H,9-12H2,1-2H3/t15-/m1/s1. The fourth-order valence-corrected chi connectivity index (χ4v) is 2.85. The van der Waals surface area contributed by atoms with Gasteiger partial charge in [-0.2, -0.15) is 5.10 Å². The molecule has 1 aliphatic rings. The van der Waals surface area contributed by atoms with Crippen LogP contribution < -0.4 is 0 Å². The normalized spacial score (nSPS) is 17.3. The lowest BCUT2D eigenvalue weighted by Gasteiger charge is -2.16. The molecule has 0 radical (unpaired) electrons. The minimum atomic E-state index is -0.437. The Morgan fingerprint density at radius 1 is 1.33 bits per heavy atom. The Hall–Kier alpha value is -2.63. The second-order valence-electron chi connectivity index (χ2n) is 6.22. The van der Waals surface area contributed by atoms with Crippen molar-refractivity contribution in [3.8, 4) is 0 Å². The summed E-state index contributed by atoms with van der Waals surface area (Å²) in [6.07, 6.45) is 0.418. The molecular weight excluding hydrogens is 306 g/mol. The summed E-state index contributed by atoms with van der Waals surface area (Å²) in [6, 6.07) is 11.6. The van der Waals surface area contributed by atoms with Crippen LogP contribution in [0.1, 0.15) is 28.2 Å². The van der Waals surface area contributed by atoms with E-state index >= 15 is 0 Å². The number of hydrogen-bond acceptors (Lipinski definition) is 4. The molecule has 6 heteroatoms. The Morgan fingerprint density at radius 2 is 2.08 bits per heavy atom. The highest BCUT2D eigenvalue weighted by atomic mass is 16.5. The van der Waals surface area contributed by atoms with Gasteiger partial charge in [-0.15, -0.1) is 0 Å². The highest BCUT2D eigenvalue weighted by Crippen LogP contribution is 2.21. The maximum absolute atomic E-state index is 12.1. The molecule has 6 nitrogen and oxygen atoms in total. The zero-order chi connectivity index (χ0) is 17.1. The van der Waals surface area contributed by atoms with Gasteiger partial charge >= 0.3 is 5.97 Å². The van der Waals surface area contributed by atoms with E-state index in [4.69, 9.17) is 4.74 Å². The van der Waals surface area contributed by atoms with Crippen LogP contribution in [-0.2, 0) is 23.1 Å². The first-order valence-corrected chi connectivity index (χ1v) is 8.02. The zero-order valence-corrected chi connectivity index (χ0v) is 13.9. The minimum absolute atomic E-state index is 0.0370. The Kier molecular flexibility index (Phi) is 4.64. The van der Waals surface area contributed by atoms with E-state index in [1.54, 1.807) is 17.8 Å². The average molecular weight is 327 g/mol. The van der Waals surface area contributed by atoms with Crippen LogP contribution in [-0.4, -0.2) is 39.7 Å². The van der Waals surface area contributed by atoms with E-state index in [1.807, 2.05) is 42.2 Å². The molecule has 0 aliphatic carbocycles. The highest BCUT2D eigenvalue weighted by molar-refractivity contribution is 5.87. The van der Waals surface area contributed by atoms with E-state index in [1.165, 1.54) is 0 Å². The van der Waals surface area contributed by atoms with Crippen LogP contribution in [0.4, 0.5) is 0 Å². The molecule has 1 aromatic heterocycles. The molecule has 0 bridgehead atoms. The number of rotatable bonds is 5. The molecule has 3 rings (SSSR count). The SMILES string of the molecule is Cc1cc(C(=O)OC[C@@H]2CC(=O)N(Cc3ccccc3)C2)nn1C. The molecule has 1 fully saturated rings. The Morgan fingerprint density at radius 3 is 2.75 bits per heavy atom. The summed E-state index contributed by atoms with van der Waals surface area (Å²) in [4.78, 5) is 26.0. The first-order chi connectivity index (χ1) is 11.5. The quantitative estimate of drug-likeness (QED) is 0.787. The number of esters is 1. The van der Waals surface area contributed by atoms with Crippen molar-refractivity contribution in [1.29, 1.82) is 0 Å². The molecule has 1 amide bonds. The summed E-state index contributed by atoms with van der Waals surface area (Å²) in [5.74, 6) is -0.295. The molecule has 1 saturated heterocycles. The predicted molar refractivity (Wildman–Crippen MR) is 88.2 cm³/mol. The first kappa shape index (κ1) is 16.2. The van der Waals surface area contributed by atoms with Gasteiger partial charge in [-0.25, -0.2) is 4.79 Å². The summed E-state index contributed by atoms with van der Waals surface area (Å²) >= 11 is 0. The van der Waals surface area contributed by atoms with Crippen LogP contribution in [0.5, 0.6) is 0 Å². The molecule has 1 aliphatic heterocycles. The molecule has 0 unspecified atom stereocenters. The van der Waals surface area contributed by atoms with Gasteiger partial charge in [0.2, 0.25) is 5.91 Å². The van der Waals surface area contributed by atoms with Crippen molar-refractivity contribution in [3.63, 3.8) is 0 Å². The van der Waals surface area contributed by atoms with Gasteiger partial charge in [0.1, 0.15) is 0 Å². The van der Waals surface area contributed by atoms with Crippen LogP contribution in [0.25, 0.3) is 0 Å². The van der Waals surface area contributed by atoms with E-state index in [9.17, 15) is 9.59 Å². The summed E-state index contributed by atoms with van der Waals surface area (Å²) in [7, 11) is 1.78. The van der Waals surface area contributed by atoms with Crippen molar-refractivity contribution in [3.05, 3.63) is 53.3 Å². The largest absolute Gasteiger partial charge is 0.461 e. The number of amides is 1. The lowest BCUT2D eigenvalue weighted by Crippen LogP contribution is -2.25. The molecule has 0 spiro atoms. The second-order valence-corrected chi connectivity index (χ2v) is 6.22. The second kappa shape index (κ2) is 6.86. The fourth-order valence-electron chi connectivity index (χ4n) is 2.85. The maximum Gasteiger partial charge on any atom is 0.358 e. The fraction of sp³-hybridized carbons (Fsp3) is 0.389. The van der Waals surface area contributed by atoms with Gasteiger partial charge in [-0.05, 0) is 18.6 Å². The molecule has 1 atom stereocenters. The van der Waals surface area contributed by atoms with Crippen LogP contribution in [0.3, 0.4) is 0 Å². The summed E-state index contributed by atoms with van der Waals surface area (Å²) in [6.45, 7) is 3.33. The number of carbonyl (C=O) groups is 2. The maximum atomic E-state index is 12.1. The number of benzene rings is 1. The van der Waals surface area contributed by atoms with E-state index < -0.39 is 5.97 Å². The van der Waals surface area contributed by atoms with E-state index in [0.717, 1.165) is 11.3 Å². The molecule has 2 aromatic rings. The summed E-state index contributed by atoms with van der Waals surface area (Å²) < 4.78 is 6.97. The molecule has 24 heavy (non-hydrogen) atoms. The number of carbonyl (C=O) groups excluding carboxylic acids is 2. The van der Waals surface area contributed by atoms with Crippen molar-refractivity contribution in [2.24, 2.45) is 13.0 Å². The van der Waals surface area contributed by atoms with Gasteiger partial charge in [-0.3, -0.25) is 9.48 Å². The van der Waals surface area contributed by atoms with E-state index in [0.29, 0.717) is 25.2 Å². The van der Waals surface area contributed by atoms with E-state index in [2.05, 4.69) is 5.10 Å². The van der Waals surface area contributed by atoms with Crippen LogP contribution >= 0.6 is 0 Å². The summed E-state index contributed by atoms with van der Waals surface area (Å²) in [5, 5.41) is 4.11. The minimum Gasteiger partial charge on any atom is -0.461 e. The van der Waals surface area contributed by atoms with Gasteiger partial charge < -0.3 is 9.64 Å². The predicted octanol–water partition coefficient (Wildman–Crippen LogP) is 1.93. The molecule has 0 N–H and O–H groups in total. The van der Waals surface area contributed by atoms with Crippen molar-refractivity contribution in [2.75, 3.05) is 13.2 Å².